The molecule has 0 atom stereocenters. The van der Waals surface area contributed by atoms with Crippen LogP contribution >= 0.6 is 0 Å². The fraction of sp³-hybridized carbons (Fsp3) is 0.286. The summed E-state index contributed by atoms with van der Waals surface area (Å²) in [6, 6.07) is 25.4. The number of sulfonamides is 1. The lowest BCUT2D eigenvalue weighted by molar-refractivity contribution is -0.159. The largest absolute Gasteiger partial charge is 0.493 e. The summed E-state index contributed by atoms with van der Waals surface area (Å²) in [4.78, 5) is 20.5. The lowest BCUT2D eigenvalue weighted by atomic mass is 10.1. The maximum Gasteiger partial charge on any atom is 0.414 e. The molecule has 0 radical (unpaired) electrons. The Hall–Kier alpha value is -3.93. The number of aliphatic carboxylic acids is 2. The van der Waals surface area contributed by atoms with Gasteiger partial charge >= 0.3 is 11.9 Å². The van der Waals surface area contributed by atoms with Crippen LogP contribution in [-0.4, -0.2) is 73.1 Å². The summed E-state index contributed by atoms with van der Waals surface area (Å²) in [6.07, 6.45) is 0. The summed E-state index contributed by atoms with van der Waals surface area (Å²) in [7, 11) is -1.67. The molecule has 11 heteroatoms. The van der Waals surface area contributed by atoms with E-state index in [1.165, 1.54) is 0 Å². The van der Waals surface area contributed by atoms with Crippen LogP contribution in [0.5, 0.6) is 11.5 Å². The second kappa shape index (κ2) is 14.3. The Morgan fingerprint density at radius 2 is 1.33 bits per heavy atom. The molecule has 4 rings (SSSR count). The zero-order valence-electron chi connectivity index (χ0n) is 21.6. The van der Waals surface area contributed by atoms with Gasteiger partial charge in [0.2, 0.25) is 10.0 Å². The van der Waals surface area contributed by atoms with Crippen LogP contribution in [0.15, 0.2) is 78.9 Å². The number of benzene rings is 3. The molecular formula is C28H32N2O8S. The van der Waals surface area contributed by atoms with E-state index >= 15 is 0 Å². The summed E-state index contributed by atoms with van der Waals surface area (Å²) < 4.78 is 38.7. The average molecular weight is 557 g/mol. The van der Waals surface area contributed by atoms with Crippen LogP contribution in [0.2, 0.25) is 0 Å². The van der Waals surface area contributed by atoms with Gasteiger partial charge in [0.25, 0.3) is 0 Å². The van der Waals surface area contributed by atoms with Gasteiger partial charge < -0.3 is 19.7 Å². The first-order chi connectivity index (χ1) is 18.7. The molecule has 1 heterocycles. The van der Waals surface area contributed by atoms with Crippen molar-refractivity contribution in [3.63, 3.8) is 0 Å². The fourth-order valence-corrected chi connectivity index (χ4v) is 5.48. The Morgan fingerprint density at radius 1 is 0.769 bits per heavy atom. The van der Waals surface area contributed by atoms with Gasteiger partial charge in [-0.3, -0.25) is 4.90 Å². The second-order valence-electron chi connectivity index (χ2n) is 8.79. The number of carboxylic acid groups (broad SMARTS) is 2. The SMILES string of the molecule is COc1ccc(CN2CCN(S(=O)(=O)Cc3ccccc3)CC2)cc1OCc1ccccc1.O=C(O)C(=O)O. The Labute approximate surface area is 228 Å². The first-order valence-corrected chi connectivity index (χ1v) is 13.8. The highest BCUT2D eigenvalue weighted by molar-refractivity contribution is 7.88. The summed E-state index contributed by atoms with van der Waals surface area (Å²) in [5.41, 5.74) is 3.03. The van der Waals surface area contributed by atoms with Crippen molar-refractivity contribution in [3.8, 4) is 11.5 Å². The van der Waals surface area contributed by atoms with E-state index in [0.717, 1.165) is 23.2 Å². The third kappa shape index (κ3) is 9.40. The van der Waals surface area contributed by atoms with E-state index in [-0.39, 0.29) is 5.75 Å². The fourth-order valence-electron chi connectivity index (χ4n) is 3.97. The van der Waals surface area contributed by atoms with Crippen molar-refractivity contribution < 1.29 is 37.7 Å². The van der Waals surface area contributed by atoms with E-state index in [2.05, 4.69) is 4.90 Å². The van der Waals surface area contributed by atoms with Gasteiger partial charge in [0.05, 0.1) is 12.9 Å². The molecule has 0 spiro atoms. The standard InChI is InChI=1S/C26H30N2O4S.C2H2O4/c1-31-25-13-12-24(18-26(25)32-20-22-8-4-2-5-9-22)19-27-14-16-28(17-15-27)33(29,30)21-23-10-6-3-7-11-23;3-1(4)2(5)6/h2-13,18H,14-17,19-21H2,1H3;(H,3,4)(H,5,6). The van der Waals surface area contributed by atoms with Crippen molar-refractivity contribution in [2.24, 2.45) is 0 Å². The Kier molecular flexibility index (Phi) is 10.9. The molecular weight excluding hydrogens is 524 g/mol. The Morgan fingerprint density at radius 3 is 1.87 bits per heavy atom. The van der Waals surface area contributed by atoms with Crippen LogP contribution in [0.4, 0.5) is 0 Å². The van der Waals surface area contributed by atoms with Gasteiger partial charge in [-0.25, -0.2) is 18.0 Å². The number of nitrogens with zero attached hydrogens (tertiary/aromatic N) is 2. The third-order valence-electron chi connectivity index (χ3n) is 5.97. The minimum absolute atomic E-state index is 0.0500. The van der Waals surface area contributed by atoms with E-state index in [0.29, 0.717) is 44.3 Å². The highest BCUT2D eigenvalue weighted by Gasteiger charge is 2.27. The topological polar surface area (TPSA) is 134 Å². The minimum atomic E-state index is -3.31. The van der Waals surface area contributed by atoms with E-state index in [9.17, 15) is 8.42 Å². The molecule has 208 valence electrons. The zero-order valence-corrected chi connectivity index (χ0v) is 22.4. The van der Waals surface area contributed by atoms with Gasteiger partial charge in [-0.15, -0.1) is 0 Å². The predicted molar refractivity (Wildman–Crippen MR) is 145 cm³/mol. The molecule has 3 aromatic rings. The molecule has 1 fully saturated rings. The van der Waals surface area contributed by atoms with E-state index < -0.39 is 22.0 Å². The van der Waals surface area contributed by atoms with Crippen LogP contribution in [0.25, 0.3) is 0 Å². The van der Waals surface area contributed by atoms with Crippen molar-refractivity contribution in [1.82, 2.24) is 9.21 Å². The minimum Gasteiger partial charge on any atom is -0.493 e. The molecule has 10 nitrogen and oxygen atoms in total. The van der Waals surface area contributed by atoms with E-state index in [4.69, 9.17) is 29.3 Å². The van der Waals surface area contributed by atoms with Crippen molar-refractivity contribution in [3.05, 3.63) is 95.6 Å². The number of hydrogen-bond donors (Lipinski definition) is 2. The van der Waals surface area contributed by atoms with Crippen LogP contribution in [-0.2, 0) is 38.5 Å². The molecule has 2 N–H and O–H groups in total. The number of hydrogen-bond acceptors (Lipinski definition) is 7. The molecule has 3 aromatic carbocycles. The first kappa shape index (κ1) is 29.6. The van der Waals surface area contributed by atoms with Gasteiger partial charge in [0.15, 0.2) is 11.5 Å². The molecule has 39 heavy (non-hydrogen) atoms. The monoisotopic (exact) mass is 556 g/mol. The van der Waals surface area contributed by atoms with Crippen LogP contribution in [0, 0.1) is 0 Å². The summed E-state index contributed by atoms with van der Waals surface area (Å²) >= 11 is 0. The maximum absolute atomic E-state index is 12.8. The number of carbonyl (C=O) groups is 2. The van der Waals surface area contributed by atoms with Crippen molar-refractivity contribution in [2.75, 3.05) is 33.3 Å². The smallest absolute Gasteiger partial charge is 0.414 e. The maximum atomic E-state index is 12.8. The molecule has 0 aliphatic carbocycles. The van der Waals surface area contributed by atoms with Gasteiger partial charge in [-0.2, -0.15) is 4.31 Å². The van der Waals surface area contributed by atoms with E-state index in [1.807, 2.05) is 78.9 Å². The van der Waals surface area contributed by atoms with Gasteiger partial charge in [0, 0.05) is 32.7 Å². The van der Waals surface area contributed by atoms with Crippen molar-refractivity contribution in [2.45, 2.75) is 18.9 Å². The van der Waals surface area contributed by atoms with Crippen molar-refractivity contribution in [1.29, 1.82) is 0 Å². The van der Waals surface area contributed by atoms with Crippen LogP contribution < -0.4 is 9.47 Å². The molecule has 0 unspecified atom stereocenters. The highest BCUT2D eigenvalue weighted by Crippen LogP contribution is 2.29. The van der Waals surface area contributed by atoms with Crippen molar-refractivity contribution >= 4 is 22.0 Å². The van der Waals surface area contributed by atoms with Crippen LogP contribution in [0.3, 0.4) is 0 Å². The molecule has 0 saturated carbocycles. The van der Waals surface area contributed by atoms with Gasteiger partial charge in [-0.1, -0.05) is 66.7 Å². The second-order valence-corrected chi connectivity index (χ2v) is 10.8. The van der Waals surface area contributed by atoms with Crippen LogP contribution in [0.1, 0.15) is 16.7 Å². The summed E-state index contributed by atoms with van der Waals surface area (Å²) in [6.45, 7) is 3.60. The van der Waals surface area contributed by atoms with Gasteiger partial charge in [-0.05, 0) is 28.8 Å². The van der Waals surface area contributed by atoms with E-state index in [1.54, 1.807) is 11.4 Å². The molecule has 0 aromatic heterocycles. The number of carboxylic acids is 2. The molecule has 1 saturated heterocycles. The summed E-state index contributed by atoms with van der Waals surface area (Å²) in [5, 5.41) is 14.8. The third-order valence-corrected chi connectivity index (χ3v) is 7.82. The summed E-state index contributed by atoms with van der Waals surface area (Å²) in [5.74, 6) is -2.19. The molecule has 0 bridgehead atoms. The molecule has 1 aliphatic heterocycles. The normalized spacial score (nSPS) is 14.1. The number of ether oxygens (including phenoxy) is 2. The lowest BCUT2D eigenvalue weighted by Gasteiger charge is -2.34. The average Bonchev–Trinajstić information content (AvgIpc) is 2.93. The quantitative estimate of drug-likeness (QED) is 0.382. The molecule has 1 aliphatic rings. The number of piperazine rings is 1. The Balaban J connectivity index is 0.000000631. The molecule has 0 amide bonds. The zero-order chi connectivity index (χ0) is 28.3. The Bertz CT molecular complexity index is 1310. The lowest BCUT2D eigenvalue weighted by Crippen LogP contribution is -2.48. The number of rotatable bonds is 9. The first-order valence-electron chi connectivity index (χ1n) is 12.2. The number of methoxy groups -OCH3 is 1. The van der Waals surface area contributed by atoms with Gasteiger partial charge in [0.1, 0.15) is 6.61 Å². The highest BCUT2D eigenvalue weighted by atomic mass is 32.2. The predicted octanol–water partition coefficient (Wildman–Crippen LogP) is 3.08.